The van der Waals surface area contributed by atoms with Crippen molar-refractivity contribution in [2.45, 2.75) is 6.92 Å². The molecule has 5 nitrogen and oxygen atoms in total. The Morgan fingerprint density at radius 3 is 2.72 bits per heavy atom. The summed E-state index contributed by atoms with van der Waals surface area (Å²) in [6.07, 6.45) is 1.40. The summed E-state index contributed by atoms with van der Waals surface area (Å²) in [5.41, 5.74) is 5.59. The number of carbonyl (C=O) groups excluding carboxylic acids is 1. The van der Waals surface area contributed by atoms with Crippen LogP contribution in [0.3, 0.4) is 0 Å². The topological polar surface area (TPSA) is 85.3 Å². The van der Waals surface area contributed by atoms with Crippen LogP contribution in [0.4, 0.5) is 0 Å². The van der Waals surface area contributed by atoms with Crippen LogP contribution in [-0.4, -0.2) is 19.6 Å². The lowest BCUT2D eigenvalue weighted by atomic mass is 10.1. The van der Waals surface area contributed by atoms with Gasteiger partial charge in [-0.05, 0) is 30.7 Å². The third-order valence-electron chi connectivity index (χ3n) is 2.18. The van der Waals surface area contributed by atoms with E-state index in [-0.39, 0.29) is 5.57 Å². The van der Waals surface area contributed by atoms with Gasteiger partial charge in [-0.25, -0.2) is 0 Å². The monoisotopic (exact) mass is 246 g/mol. The van der Waals surface area contributed by atoms with E-state index in [2.05, 4.69) is 0 Å². The maximum atomic E-state index is 10.9. The fourth-order valence-corrected chi connectivity index (χ4v) is 1.37. The van der Waals surface area contributed by atoms with Crippen LogP contribution in [0.25, 0.3) is 6.08 Å². The van der Waals surface area contributed by atoms with Crippen LogP contribution < -0.4 is 15.2 Å². The zero-order valence-corrected chi connectivity index (χ0v) is 10.3. The molecule has 0 bridgehead atoms. The van der Waals surface area contributed by atoms with Crippen molar-refractivity contribution in [1.29, 1.82) is 5.26 Å². The van der Waals surface area contributed by atoms with Gasteiger partial charge in [-0.2, -0.15) is 5.26 Å². The van der Waals surface area contributed by atoms with E-state index >= 15 is 0 Å². The number of rotatable bonds is 5. The molecule has 94 valence electrons. The van der Waals surface area contributed by atoms with E-state index in [4.69, 9.17) is 20.5 Å². The summed E-state index contributed by atoms with van der Waals surface area (Å²) in [4.78, 5) is 10.9. The number of hydrogen-bond acceptors (Lipinski definition) is 4. The molecule has 0 fully saturated rings. The average Bonchev–Trinajstić information content (AvgIpc) is 2.37. The SMILES string of the molecule is CCOc1ccc(/C=C(/C#N)C(N)=O)cc1OC. The number of methoxy groups -OCH3 is 1. The molecule has 0 atom stereocenters. The molecular formula is C13H14N2O3. The molecule has 0 saturated heterocycles. The Labute approximate surface area is 105 Å². The van der Waals surface area contributed by atoms with E-state index in [0.717, 1.165) is 0 Å². The van der Waals surface area contributed by atoms with Crippen LogP contribution >= 0.6 is 0 Å². The van der Waals surface area contributed by atoms with Gasteiger partial charge in [-0.3, -0.25) is 4.79 Å². The normalized spacial score (nSPS) is 10.6. The molecule has 2 N–H and O–H groups in total. The summed E-state index contributed by atoms with van der Waals surface area (Å²) in [5, 5.41) is 8.75. The first-order valence-electron chi connectivity index (χ1n) is 5.34. The van der Waals surface area contributed by atoms with Gasteiger partial charge in [0.2, 0.25) is 0 Å². The van der Waals surface area contributed by atoms with Crippen LogP contribution in [0.2, 0.25) is 0 Å². The summed E-state index contributed by atoms with van der Waals surface area (Å²) in [6, 6.07) is 6.84. The second-order valence-electron chi connectivity index (χ2n) is 3.38. The fourth-order valence-electron chi connectivity index (χ4n) is 1.37. The van der Waals surface area contributed by atoms with Crippen LogP contribution in [0.1, 0.15) is 12.5 Å². The minimum absolute atomic E-state index is 0.110. The summed E-state index contributed by atoms with van der Waals surface area (Å²) >= 11 is 0. The van der Waals surface area contributed by atoms with Gasteiger partial charge in [0.1, 0.15) is 11.6 Å². The van der Waals surface area contributed by atoms with Gasteiger partial charge in [-0.1, -0.05) is 6.07 Å². The molecule has 1 amide bonds. The molecule has 0 unspecified atom stereocenters. The molecule has 0 aromatic heterocycles. The highest BCUT2D eigenvalue weighted by Crippen LogP contribution is 2.28. The summed E-state index contributed by atoms with van der Waals surface area (Å²) in [6.45, 7) is 2.39. The van der Waals surface area contributed by atoms with Crippen molar-refractivity contribution < 1.29 is 14.3 Å². The second-order valence-corrected chi connectivity index (χ2v) is 3.38. The van der Waals surface area contributed by atoms with Gasteiger partial charge in [-0.15, -0.1) is 0 Å². The molecular weight excluding hydrogens is 232 g/mol. The van der Waals surface area contributed by atoms with Gasteiger partial charge in [0.15, 0.2) is 11.5 Å². The third-order valence-corrected chi connectivity index (χ3v) is 2.18. The minimum atomic E-state index is -0.759. The molecule has 0 aliphatic carbocycles. The number of nitrogens with two attached hydrogens (primary N) is 1. The Morgan fingerprint density at radius 1 is 1.50 bits per heavy atom. The van der Waals surface area contributed by atoms with E-state index < -0.39 is 5.91 Å². The van der Waals surface area contributed by atoms with Crippen molar-refractivity contribution in [1.82, 2.24) is 0 Å². The summed E-state index contributed by atoms with van der Waals surface area (Å²) in [7, 11) is 1.52. The van der Waals surface area contributed by atoms with Crippen LogP contribution in [-0.2, 0) is 4.79 Å². The lowest BCUT2D eigenvalue weighted by Crippen LogP contribution is -2.12. The zero-order chi connectivity index (χ0) is 13.5. The second kappa shape index (κ2) is 6.30. The molecule has 5 heteroatoms. The third kappa shape index (κ3) is 3.25. The quantitative estimate of drug-likeness (QED) is 0.630. The lowest BCUT2D eigenvalue weighted by Gasteiger charge is -2.09. The molecule has 0 aliphatic heterocycles. The highest BCUT2D eigenvalue weighted by atomic mass is 16.5. The molecule has 1 aromatic carbocycles. The zero-order valence-electron chi connectivity index (χ0n) is 10.3. The van der Waals surface area contributed by atoms with Crippen molar-refractivity contribution >= 4 is 12.0 Å². The molecule has 1 rings (SSSR count). The van der Waals surface area contributed by atoms with E-state index in [0.29, 0.717) is 23.7 Å². The molecule has 0 heterocycles. The Bertz CT molecular complexity index is 515. The number of nitrogens with zero attached hydrogens (tertiary/aromatic N) is 1. The summed E-state index contributed by atoms with van der Waals surface area (Å²) in [5.74, 6) is 0.382. The van der Waals surface area contributed by atoms with Gasteiger partial charge >= 0.3 is 0 Å². The Hall–Kier alpha value is -2.48. The van der Waals surface area contributed by atoms with Crippen LogP contribution in [0.15, 0.2) is 23.8 Å². The van der Waals surface area contributed by atoms with Gasteiger partial charge in [0, 0.05) is 0 Å². The Morgan fingerprint density at radius 2 is 2.22 bits per heavy atom. The molecule has 0 radical (unpaired) electrons. The van der Waals surface area contributed by atoms with Crippen LogP contribution in [0, 0.1) is 11.3 Å². The first kappa shape index (κ1) is 13.6. The first-order chi connectivity index (χ1) is 8.62. The average molecular weight is 246 g/mol. The van der Waals surface area contributed by atoms with E-state index in [9.17, 15) is 4.79 Å². The molecule has 18 heavy (non-hydrogen) atoms. The highest BCUT2D eigenvalue weighted by molar-refractivity contribution is 6.00. The maximum Gasteiger partial charge on any atom is 0.259 e. The molecule has 0 saturated carbocycles. The van der Waals surface area contributed by atoms with E-state index in [1.807, 2.05) is 6.92 Å². The molecule has 1 aromatic rings. The predicted octanol–water partition coefficient (Wildman–Crippen LogP) is 1.49. The van der Waals surface area contributed by atoms with E-state index in [1.165, 1.54) is 13.2 Å². The van der Waals surface area contributed by atoms with Gasteiger partial charge < -0.3 is 15.2 Å². The summed E-state index contributed by atoms with van der Waals surface area (Å²) < 4.78 is 10.5. The Kier molecular flexibility index (Phi) is 4.76. The number of benzene rings is 1. The molecule has 0 aliphatic rings. The minimum Gasteiger partial charge on any atom is -0.493 e. The first-order valence-corrected chi connectivity index (χ1v) is 5.34. The number of primary amides is 1. The number of nitriles is 1. The predicted molar refractivity (Wildman–Crippen MR) is 66.9 cm³/mol. The van der Waals surface area contributed by atoms with Crippen molar-refractivity contribution in [2.24, 2.45) is 5.73 Å². The van der Waals surface area contributed by atoms with Crippen molar-refractivity contribution in [3.8, 4) is 17.6 Å². The van der Waals surface area contributed by atoms with Crippen molar-refractivity contribution in [3.63, 3.8) is 0 Å². The van der Waals surface area contributed by atoms with Crippen molar-refractivity contribution in [2.75, 3.05) is 13.7 Å². The highest BCUT2D eigenvalue weighted by Gasteiger charge is 2.07. The van der Waals surface area contributed by atoms with Crippen LogP contribution in [0.5, 0.6) is 11.5 Å². The number of hydrogen-bond donors (Lipinski definition) is 1. The fraction of sp³-hybridized carbons (Fsp3) is 0.231. The number of ether oxygens (including phenoxy) is 2. The van der Waals surface area contributed by atoms with Gasteiger partial charge in [0.25, 0.3) is 5.91 Å². The lowest BCUT2D eigenvalue weighted by molar-refractivity contribution is -0.114. The van der Waals surface area contributed by atoms with Gasteiger partial charge in [0.05, 0.1) is 13.7 Å². The molecule has 0 spiro atoms. The standard InChI is InChI=1S/C13H14N2O3/c1-3-18-11-5-4-9(7-12(11)17-2)6-10(8-14)13(15)16/h4-7H,3H2,1-2H3,(H2,15,16)/b10-6-. The van der Waals surface area contributed by atoms with E-state index in [1.54, 1.807) is 24.3 Å². The smallest absolute Gasteiger partial charge is 0.259 e. The Balaban J connectivity index is 3.13. The number of amides is 1. The maximum absolute atomic E-state index is 10.9. The largest absolute Gasteiger partial charge is 0.493 e. The number of carbonyl (C=O) groups is 1. The van der Waals surface area contributed by atoms with Crippen molar-refractivity contribution in [3.05, 3.63) is 29.3 Å².